The Hall–Kier alpha value is -2.18. The minimum absolute atomic E-state index is 0.00256. The van der Waals surface area contributed by atoms with Gasteiger partial charge >= 0.3 is 0 Å². The molecule has 3 atom stereocenters. The maximum Gasteiger partial charge on any atom is 0.247 e. The molecule has 3 N–H and O–H groups in total. The van der Waals surface area contributed by atoms with Crippen LogP contribution in [0.2, 0.25) is 0 Å². The number of hydrogen-bond acceptors (Lipinski definition) is 7. The van der Waals surface area contributed by atoms with Crippen molar-refractivity contribution < 1.29 is 34.1 Å². The third-order valence-electron chi connectivity index (χ3n) is 8.71. The number of methoxy groups -OCH3 is 1. The zero-order chi connectivity index (χ0) is 31.9. The molecule has 44 heavy (non-hydrogen) atoms. The Labute approximate surface area is 276 Å². The third kappa shape index (κ3) is 10.4. The molecule has 0 saturated heterocycles. The Balaban J connectivity index is 1.81. The highest BCUT2D eigenvalue weighted by Crippen LogP contribution is 2.38. The van der Waals surface area contributed by atoms with Crippen molar-refractivity contribution in [2.75, 3.05) is 20.3 Å². The van der Waals surface area contributed by atoms with Gasteiger partial charge < -0.3 is 29.9 Å². The maximum absolute atomic E-state index is 13.9. The number of aliphatic hydroxyl groups excluding tert-OH is 2. The van der Waals surface area contributed by atoms with Crippen LogP contribution in [0.25, 0.3) is 0 Å². The summed E-state index contributed by atoms with van der Waals surface area (Å²) < 4.78 is 12.5. The molecule has 2 aliphatic rings. The zero-order valence-electron chi connectivity index (χ0n) is 26.4. The van der Waals surface area contributed by atoms with Gasteiger partial charge in [0.05, 0.1) is 23.3 Å². The van der Waals surface area contributed by atoms with E-state index in [2.05, 4.69) is 34.8 Å². The summed E-state index contributed by atoms with van der Waals surface area (Å²) in [6.07, 6.45) is 15.1. The number of nitrogens with one attached hydrogen (secondary N) is 1. The van der Waals surface area contributed by atoms with Crippen molar-refractivity contribution >= 4 is 40.7 Å². The first-order chi connectivity index (χ1) is 21.3. The van der Waals surface area contributed by atoms with Gasteiger partial charge in [0.1, 0.15) is 18.5 Å². The number of aldehydes is 1. The molecule has 0 aliphatic heterocycles. The van der Waals surface area contributed by atoms with Crippen LogP contribution in [-0.4, -0.2) is 77.8 Å². The second-order valence-corrected chi connectivity index (χ2v) is 13.1. The van der Waals surface area contributed by atoms with Crippen molar-refractivity contribution in [2.24, 2.45) is 0 Å². The Bertz CT molecular complexity index is 1110. The lowest BCUT2D eigenvalue weighted by molar-refractivity contribution is -0.142. The topological polar surface area (TPSA) is 125 Å². The number of hydrogen-bond donors (Lipinski definition) is 3. The van der Waals surface area contributed by atoms with Crippen molar-refractivity contribution in [3.05, 3.63) is 32.9 Å². The van der Waals surface area contributed by atoms with E-state index >= 15 is 0 Å². The average Bonchev–Trinajstić information content (AvgIpc) is 3.55. The van der Waals surface area contributed by atoms with E-state index < -0.39 is 18.2 Å². The molecule has 2 aliphatic carbocycles. The lowest BCUT2D eigenvalue weighted by Crippen LogP contribution is -2.57. The molecule has 0 aromatic heterocycles. The normalized spacial score (nSPS) is 20.2. The Morgan fingerprint density at radius 3 is 2.34 bits per heavy atom. The Morgan fingerprint density at radius 1 is 1.07 bits per heavy atom. The highest BCUT2D eigenvalue weighted by Gasteiger charge is 2.43. The number of rotatable bonds is 19. The number of carbonyl (C=O) groups excluding carboxylic acids is 3. The lowest BCUT2D eigenvalue weighted by Gasteiger charge is -2.43. The molecular formula is C34H51IN2O7. The summed E-state index contributed by atoms with van der Waals surface area (Å²) in [6, 6.07) is 2.58. The van der Waals surface area contributed by atoms with Crippen LogP contribution in [0.5, 0.6) is 11.5 Å². The summed E-state index contributed by atoms with van der Waals surface area (Å²) >= 11 is 2.05. The minimum atomic E-state index is -1.09. The Kier molecular flexibility index (Phi) is 16.0. The predicted octanol–water partition coefficient (Wildman–Crippen LogP) is 5.72. The molecule has 3 rings (SSSR count). The van der Waals surface area contributed by atoms with Crippen molar-refractivity contribution in [1.82, 2.24) is 10.2 Å². The van der Waals surface area contributed by atoms with E-state index in [0.29, 0.717) is 32.6 Å². The highest BCUT2D eigenvalue weighted by atomic mass is 127. The molecule has 2 amide bonds. The van der Waals surface area contributed by atoms with Crippen molar-refractivity contribution in [3.8, 4) is 11.5 Å². The van der Waals surface area contributed by atoms with Crippen LogP contribution < -0.4 is 14.8 Å². The van der Waals surface area contributed by atoms with Crippen LogP contribution in [0, 0.1) is 3.57 Å². The first-order valence-corrected chi connectivity index (χ1v) is 17.5. The maximum atomic E-state index is 13.9. The highest BCUT2D eigenvalue weighted by molar-refractivity contribution is 14.1. The molecule has 0 radical (unpaired) electrons. The molecule has 0 bridgehead atoms. The van der Waals surface area contributed by atoms with Gasteiger partial charge in [-0.15, -0.1) is 0 Å². The monoisotopic (exact) mass is 726 g/mol. The molecule has 246 valence electrons. The van der Waals surface area contributed by atoms with Crippen LogP contribution in [-0.2, 0) is 9.59 Å². The summed E-state index contributed by atoms with van der Waals surface area (Å²) in [4.78, 5) is 40.3. The van der Waals surface area contributed by atoms with E-state index in [9.17, 15) is 24.6 Å². The largest absolute Gasteiger partial charge is 0.493 e. The second kappa shape index (κ2) is 19.4. The van der Waals surface area contributed by atoms with E-state index in [1.165, 1.54) is 45.6 Å². The van der Waals surface area contributed by atoms with Crippen LogP contribution >= 0.6 is 22.6 Å². The van der Waals surface area contributed by atoms with E-state index in [4.69, 9.17) is 9.47 Å². The molecule has 0 unspecified atom stereocenters. The van der Waals surface area contributed by atoms with Gasteiger partial charge in [-0.1, -0.05) is 71.1 Å². The van der Waals surface area contributed by atoms with Gasteiger partial charge in [-0.2, -0.15) is 0 Å². The number of unbranched alkanes of at least 4 members (excludes halogenated alkanes) is 8. The zero-order valence-corrected chi connectivity index (χ0v) is 28.6. The molecule has 1 aromatic carbocycles. The van der Waals surface area contributed by atoms with Crippen LogP contribution in [0.15, 0.2) is 23.8 Å². The number of ether oxygens (including phenoxy) is 2. The first-order valence-electron chi connectivity index (χ1n) is 16.4. The van der Waals surface area contributed by atoms with Crippen LogP contribution in [0.1, 0.15) is 114 Å². The number of halogens is 1. The van der Waals surface area contributed by atoms with Crippen molar-refractivity contribution in [1.29, 1.82) is 0 Å². The van der Waals surface area contributed by atoms with Gasteiger partial charge in [0.2, 0.25) is 11.8 Å². The molecular weight excluding hydrogens is 675 g/mol. The Morgan fingerprint density at radius 2 is 1.73 bits per heavy atom. The number of nitrogens with zero attached hydrogens (tertiary/aromatic N) is 1. The molecule has 0 spiro atoms. The molecule has 1 fully saturated rings. The number of aliphatic hydroxyl groups is 2. The number of carbonyl (C=O) groups is 3. The fourth-order valence-electron chi connectivity index (χ4n) is 6.36. The van der Waals surface area contributed by atoms with Gasteiger partial charge in [0, 0.05) is 36.6 Å². The van der Waals surface area contributed by atoms with Gasteiger partial charge in [-0.05, 0) is 60.1 Å². The standard InChI is InChI=1S/C34H51IN2O7/c1-3-4-5-6-7-8-9-10-11-16-31(40)37(26-14-12-13-15-26)28-21-25(34(42)36-17-18-38)22-29(32(28)41)44-33-27(35)19-24(23-39)20-30(33)43-2/h19-20,22-23,26,28-29,32,38,41H,3-18,21H2,1-2H3,(H,36,42)/t28-,29+,32+/m1/s1. The van der Waals surface area contributed by atoms with E-state index in [-0.39, 0.29) is 37.4 Å². The first kappa shape index (κ1) is 36.3. The minimum Gasteiger partial charge on any atom is -0.493 e. The summed E-state index contributed by atoms with van der Waals surface area (Å²) in [5, 5.41) is 23.8. The molecule has 9 nitrogen and oxygen atoms in total. The van der Waals surface area contributed by atoms with Crippen molar-refractivity contribution in [3.63, 3.8) is 0 Å². The predicted molar refractivity (Wildman–Crippen MR) is 179 cm³/mol. The van der Waals surface area contributed by atoms with Gasteiger partial charge in [-0.3, -0.25) is 14.4 Å². The summed E-state index contributed by atoms with van der Waals surface area (Å²) in [7, 11) is 1.48. The van der Waals surface area contributed by atoms with Gasteiger partial charge in [0.25, 0.3) is 0 Å². The SMILES string of the molecule is CCCCCCCCCCCC(=O)N(C1CCCC1)[C@@H]1CC(C(=O)NCCO)=C[C@H](Oc2c(I)cc(C=O)cc2OC)[C@H]1O. The number of benzene rings is 1. The van der Waals surface area contributed by atoms with E-state index in [1.807, 2.05) is 4.90 Å². The molecule has 10 heteroatoms. The smallest absolute Gasteiger partial charge is 0.247 e. The molecule has 0 heterocycles. The summed E-state index contributed by atoms with van der Waals surface area (Å²) in [5.74, 6) is 0.340. The average molecular weight is 727 g/mol. The molecule has 1 aromatic rings. The lowest BCUT2D eigenvalue weighted by atomic mass is 9.87. The van der Waals surface area contributed by atoms with Crippen molar-refractivity contribution in [2.45, 2.75) is 128 Å². The van der Waals surface area contributed by atoms with Gasteiger partial charge in [0.15, 0.2) is 11.5 Å². The van der Waals surface area contributed by atoms with Crippen LogP contribution in [0.3, 0.4) is 0 Å². The van der Waals surface area contributed by atoms with E-state index in [0.717, 1.165) is 51.2 Å². The van der Waals surface area contributed by atoms with E-state index in [1.54, 1.807) is 18.2 Å². The third-order valence-corrected chi connectivity index (χ3v) is 9.51. The quantitative estimate of drug-likeness (QED) is 0.0947. The second-order valence-electron chi connectivity index (χ2n) is 12.0. The summed E-state index contributed by atoms with van der Waals surface area (Å²) in [5.41, 5.74) is 0.825. The van der Waals surface area contributed by atoms with Crippen LogP contribution in [0.4, 0.5) is 0 Å². The molecule has 1 saturated carbocycles. The van der Waals surface area contributed by atoms with Gasteiger partial charge in [-0.25, -0.2) is 0 Å². The number of amides is 2. The fourth-order valence-corrected chi connectivity index (χ4v) is 7.12. The summed E-state index contributed by atoms with van der Waals surface area (Å²) in [6.45, 7) is 2.12. The fraction of sp³-hybridized carbons (Fsp3) is 0.676.